The summed E-state index contributed by atoms with van der Waals surface area (Å²) >= 11 is 0. The Morgan fingerprint density at radius 1 is 1.39 bits per heavy atom. The molecule has 1 N–H and O–H groups in total. The van der Waals surface area contributed by atoms with E-state index in [2.05, 4.69) is 23.3 Å². The molecular weight excluding hydrogens is 228 g/mol. The second kappa shape index (κ2) is 8.06. The Balaban J connectivity index is 2.55. The van der Waals surface area contributed by atoms with Crippen molar-refractivity contribution in [2.24, 2.45) is 0 Å². The van der Waals surface area contributed by atoms with Crippen LogP contribution in [0.15, 0.2) is 12.1 Å². The third-order valence-electron chi connectivity index (χ3n) is 2.64. The van der Waals surface area contributed by atoms with Gasteiger partial charge in [0, 0.05) is 25.4 Å². The summed E-state index contributed by atoms with van der Waals surface area (Å²) in [6.07, 6.45) is 1.16. The van der Waals surface area contributed by atoms with Crippen molar-refractivity contribution < 1.29 is 9.47 Å². The zero-order valence-electron chi connectivity index (χ0n) is 11.8. The average molecular weight is 252 g/mol. The molecule has 0 aliphatic rings. The highest BCUT2D eigenvalue weighted by atomic mass is 16.5. The summed E-state index contributed by atoms with van der Waals surface area (Å²) in [5.41, 5.74) is 2.23. The molecule has 4 nitrogen and oxygen atoms in total. The molecule has 0 bridgehead atoms. The van der Waals surface area contributed by atoms with E-state index < -0.39 is 0 Å². The molecule has 0 spiro atoms. The summed E-state index contributed by atoms with van der Waals surface area (Å²) in [6, 6.07) is 3.99. The quantitative estimate of drug-likeness (QED) is 0.721. The normalized spacial score (nSPS) is 12.4. The van der Waals surface area contributed by atoms with Gasteiger partial charge in [-0.3, -0.25) is 0 Å². The third kappa shape index (κ3) is 5.02. The SMILES string of the molecule is CCCNCc1ccc(OC(C)COC)nc1C. The number of pyridine rings is 1. The first kappa shape index (κ1) is 14.9. The minimum Gasteiger partial charge on any atom is -0.472 e. The van der Waals surface area contributed by atoms with Gasteiger partial charge in [0.25, 0.3) is 0 Å². The van der Waals surface area contributed by atoms with E-state index in [1.54, 1.807) is 7.11 Å². The van der Waals surface area contributed by atoms with Crippen molar-refractivity contribution in [3.8, 4) is 5.88 Å². The van der Waals surface area contributed by atoms with Crippen molar-refractivity contribution in [1.29, 1.82) is 0 Å². The highest BCUT2D eigenvalue weighted by Gasteiger charge is 2.06. The molecule has 1 unspecified atom stereocenters. The molecule has 0 amide bonds. The van der Waals surface area contributed by atoms with Crippen LogP contribution in [0, 0.1) is 6.92 Å². The zero-order valence-corrected chi connectivity index (χ0v) is 11.8. The number of aryl methyl sites for hydroxylation is 1. The van der Waals surface area contributed by atoms with Crippen LogP contribution < -0.4 is 10.1 Å². The number of nitrogens with zero attached hydrogens (tertiary/aromatic N) is 1. The van der Waals surface area contributed by atoms with E-state index in [4.69, 9.17) is 9.47 Å². The molecule has 0 aliphatic heterocycles. The van der Waals surface area contributed by atoms with Gasteiger partial charge in [0.2, 0.25) is 5.88 Å². The van der Waals surface area contributed by atoms with Crippen molar-refractivity contribution in [2.45, 2.75) is 39.8 Å². The minimum absolute atomic E-state index is 0.0194. The van der Waals surface area contributed by atoms with E-state index in [-0.39, 0.29) is 6.10 Å². The third-order valence-corrected chi connectivity index (χ3v) is 2.64. The lowest BCUT2D eigenvalue weighted by Gasteiger charge is -2.14. The largest absolute Gasteiger partial charge is 0.472 e. The molecule has 0 aromatic carbocycles. The standard InChI is InChI=1S/C14H24N2O2/c1-5-8-15-9-13-6-7-14(16-12(13)3)18-11(2)10-17-4/h6-7,11,15H,5,8-10H2,1-4H3. The zero-order chi connectivity index (χ0) is 13.4. The molecule has 1 rings (SSSR count). The summed E-state index contributed by atoms with van der Waals surface area (Å²) in [6.45, 7) is 8.60. The lowest BCUT2D eigenvalue weighted by molar-refractivity contribution is 0.0888. The first-order valence-corrected chi connectivity index (χ1v) is 6.50. The van der Waals surface area contributed by atoms with Gasteiger partial charge in [-0.05, 0) is 32.4 Å². The van der Waals surface area contributed by atoms with Gasteiger partial charge in [0.05, 0.1) is 6.61 Å². The van der Waals surface area contributed by atoms with Crippen molar-refractivity contribution in [1.82, 2.24) is 10.3 Å². The van der Waals surface area contributed by atoms with Crippen LogP contribution in [0.5, 0.6) is 5.88 Å². The van der Waals surface area contributed by atoms with Gasteiger partial charge in [-0.15, -0.1) is 0 Å². The van der Waals surface area contributed by atoms with Gasteiger partial charge < -0.3 is 14.8 Å². The fraction of sp³-hybridized carbons (Fsp3) is 0.643. The molecule has 0 saturated carbocycles. The molecule has 4 heteroatoms. The van der Waals surface area contributed by atoms with Crippen molar-refractivity contribution in [3.05, 3.63) is 23.4 Å². The van der Waals surface area contributed by atoms with Gasteiger partial charge in [-0.1, -0.05) is 13.0 Å². The van der Waals surface area contributed by atoms with Crippen LogP contribution in [0.3, 0.4) is 0 Å². The Bertz CT molecular complexity index is 356. The number of rotatable bonds is 8. The number of hydrogen-bond acceptors (Lipinski definition) is 4. The van der Waals surface area contributed by atoms with E-state index in [0.717, 1.165) is 25.2 Å². The second-order valence-electron chi connectivity index (χ2n) is 4.45. The van der Waals surface area contributed by atoms with Crippen molar-refractivity contribution in [2.75, 3.05) is 20.3 Å². The Morgan fingerprint density at radius 2 is 2.17 bits per heavy atom. The Morgan fingerprint density at radius 3 is 2.78 bits per heavy atom. The van der Waals surface area contributed by atoms with E-state index in [9.17, 15) is 0 Å². The number of hydrogen-bond donors (Lipinski definition) is 1. The number of methoxy groups -OCH3 is 1. The molecule has 0 radical (unpaired) electrons. The van der Waals surface area contributed by atoms with Gasteiger partial charge in [0.1, 0.15) is 6.10 Å². The van der Waals surface area contributed by atoms with Gasteiger partial charge in [0.15, 0.2) is 0 Å². The van der Waals surface area contributed by atoms with Crippen LogP contribution in [-0.2, 0) is 11.3 Å². The van der Waals surface area contributed by atoms with Gasteiger partial charge in [-0.25, -0.2) is 4.98 Å². The molecule has 102 valence electrons. The maximum atomic E-state index is 5.66. The van der Waals surface area contributed by atoms with Crippen LogP contribution in [0.25, 0.3) is 0 Å². The predicted molar refractivity (Wildman–Crippen MR) is 72.9 cm³/mol. The number of aromatic nitrogens is 1. The average Bonchev–Trinajstić information content (AvgIpc) is 2.32. The minimum atomic E-state index is 0.0194. The highest BCUT2D eigenvalue weighted by molar-refractivity contribution is 5.25. The maximum Gasteiger partial charge on any atom is 0.213 e. The van der Waals surface area contributed by atoms with Crippen LogP contribution >= 0.6 is 0 Å². The smallest absolute Gasteiger partial charge is 0.213 e. The molecule has 1 atom stereocenters. The Hall–Kier alpha value is -1.13. The molecule has 1 aromatic heterocycles. The highest BCUT2D eigenvalue weighted by Crippen LogP contribution is 2.13. The topological polar surface area (TPSA) is 43.4 Å². The molecule has 0 saturated heterocycles. The molecular formula is C14H24N2O2. The first-order chi connectivity index (χ1) is 8.67. The first-order valence-electron chi connectivity index (χ1n) is 6.50. The van der Waals surface area contributed by atoms with Gasteiger partial charge >= 0.3 is 0 Å². The second-order valence-corrected chi connectivity index (χ2v) is 4.45. The monoisotopic (exact) mass is 252 g/mol. The fourth-order valence-corrected chi connectivity index (χ4v) is 1.69. The fourth-order valence-electron chi connectivity index (χ4n) is 1.69. The van der Waals surface area contributed by atoms with Crippen molar-refractivity contribution in [3.63, 3.8) is 0 Å². The maximum absolute atomic E-state index is 5.66. The van der Waals surface area contributed by atoms with Crippen LogP contribution in [0.2, 0.25) is 0 Å². The Labute approximate surface area is 110 Å². The number of ether oxygens (including phenoxy) is 2. The van der Waals surface area contributed by atoms with Crippen LogP contribution in [0.4, 0.5) is 0 Å². The summed E-state index contributed by atoms with van der Waals surface area (Å²) in [7, 11) is 1.67. The lowest BCUT2D eigenvalue weighted by atomic mass is 10.2. The van der Waals surface area contributed by atoms with Crippen LogP contribution in [-0.4, -0.2) is 31.3 Å². The molecule has 0 fully saturated rings. The molecule has 18 heavy (non-hydrogen) atoms. The Kier molecular flexibility index (Phi) is 6.68. The summed E-state index contributed by atoms with van der Waals surface area (Å²) < 4.78 is 10.7. The number of nitrogens with one attached hydrogen (secondary N) is 1. The summed E-state index contributed by atoms with van der Waals surface area (Å²) in [4.78, 5) is 4.46. The molecule has 1 heterocycles. The van der Waals surface area contributed by atoms with Crippen molar-refractivity contribution >= 4 is 0 Å². The summed E-state index contributed by atoms with van der Waals surface area (Å²) in [5.74, 6) is 0.663. The van der Waals surface area contributed by atoms with Crippen LogP contribution in [0.1, 0.15) is 31.5 Å². The summed E-state index contributed by atoms with van der Waals surface area (Å²) in [5, 5.41) is 3.37. The predicted octanol–water partition coefficient (Wildman–Crippen LogP) is 2.30. The van der Waals surface area contributed by atoms with E-state index in [1.807, 2.05) is 19.9 Å². The van der Waals surface area contributed by atoms with E-state index in [1.165, 1.54) is 5.56 Å². The lowest BCUT2D eigenvalue weighted by Crippen LogP contribution is -2.19. The van der Waals surface area contributed by atoms with Gasteiger partial charge in [-0.2, -0.15) is 0 Å². The van der Waals surface area contributed by atoms with E-state index >= 15 is 0 Å². The molecule has 0 aliphatic carbocycles. The molecule has 1 aromatic rings. The van der Waals surface area contributed by atoms with E-state index in [0.29, 0.717) is 12.5 Å².